The van der Waals surface area contributed by atoms with Crippen LogP contribution >= 0.6 is 0 Å². The van der Waals surface area contributed by atoms with Gasteiger partial charge in [-0.1, -0.05) is 13.3 Å². The number of phenols is 2. The molecule has 29 heavy (non-hydrogen) atoms. The van der Waals surface area contributed by atoms with Gasteiger partial charge in [-0.05, 0) is 50.5 Å². The molecule has 7 heteroatoms. The molecule has 2 N–H and O–H groups in total. The number of hydrogen-bond acceptors (Lipinski definition) is 7. The van der Waals surface area contributed by atoms with Crippen molar-refractivity contribution in [3.63, 3.8) is 0 Å². The molecule has 156 valence electrons. The number of carbonyl (C=O) groups excluding carboxylic acids is 2. The fourth-order valence-corrected chi connectivity index (χ4v) is 2.98. The summed E-state index contributed by atoms with van der Waals surface area (Å²) >= 11 is 0. The molecule has 0 aliphatic heterocycles. The molecule has 0 aliphatic rings. The molecule has 2 aromatic rings. The van der Waals surface area contributed by atoms with E-state index in [4.69, 9.17) is 14.2 Å². The van der Waals surface area contributed by atoms with Gasteiger partial charge in [-0.3, -0.25) is 0 Å². The average molecular weight is 402 g/mol. The van der Waals surface area contributed by atoms with Crippen molar-refractivity contribution in [2.45, 2.75) is 40.5 Å². The molecule has 2 rings (SSSR count). The highest BCUT2D eigenvalue weighted by Crippen LogP contribution is 2.35. The number of ether oxygens (including phenoxy) is 3. The largest absolute Gasteiger partial charge is 0.508 e. The smallest absolute Gasteiger partial charge is 0.347 e. The van der Waals surface area contributed by atoms with Crippen LogP contribution in [-0.4, -0.2) is 35.9 Å². The van der Waals surface area contributed by atoms with Crippen molar-refractivity contribution in [2.24, 2.45) is 0 Å². The Balaban J connectivity index is 2.31. The van der Waals surface area contributed by atoms with Gasteiger partial charge in [0.05, 0.1) is 13.7 Å². The minimum absolute atomic E-state index is 0.00956. The zero-order chi connectivity index (χ0) is 21.7. The molecule has 2 aromatic carbocycles. The lowest BCUT2D eigenvalue weighted by atomic mass is 10.0. The van der Waals surface area contributed by atoms with Crippen LogP contribution in [0, 0.1) is 20.8 Å². The van der Waals surface area contributed by atoms with Crippen molar-refractivity contribution >= 4 is 11.9 Å². The van der Waals surface area contributed by atoms with Crippen LogP contribution < -0.4 is 9.47 Å². The lowest BCUT2D eigenvalue weighted by Gasteiger charge is -2.15. The second-order valence-electron chi connectivity index (χ2n) is 6.76. The first-order valence-corrected chi connectivity index (χ1v) is 9.31. The van der Waals surface area contributed by atoms with Crippen LogP contribution in [0.1, 0.15) is 57.2 Å². The summed E-state index contributed by atoms with van der Waals surface area (Å²) < 4.78 is 15.8. The predicted molar refractivity (Wildman–Crippen MR) is 107 cm³/mol. The van der Waals surface area contributed by atoms with E-state index in [2.05, 4.69) is 0 Å². The van der Waals surface area contributed by atoms with Crippen LogP contribution in [0.3, 0.4) is 0 Å². The third kappa shape index (κ3) is 4.80. The molecule has 0 spiro atoms. The van der Waals surface area contributed by atoms with Gasteiger partial charge in [-0.15, -0.1) is 0 Å². The normalized spacial score (nSPS) is 10.5. The summed E-state index contributed by atoms with van der Waals surface area (Å²) in [6.45, 7) is 7.13. The van der Waals surface area contributed by atoms with E-state index in [1.807, 2.05) is 6.92 Å². The number of esters is 2. The minimum Gasteiger partial charge on any atom is -0.508 e. The van der Waals surface area contributed by atoms with Gasteiger partial charge in [0, 0.05) is 11.6 Å². The zero-order valence-electron chi connectivity index (χ0n) is 17.3. The molecule has 7 nitrogen and oxygen atoms in total. The fraction of sp³-hybridized carbons (Fsp3) is 0.364. The molecular formula is C22H26O7. The van der Waals surface area contributed by atoms with Crippen molar-refractivity contribution in [1.29, 1.82) is 0 Å². The van der Waals surface area contributed by atoms with Gasteiger partial charge in [0.1, 0.15) is 34.1 Å². The van der Waals surface area contributed by atoms with Crippen LogP contribution in [0.5, 0.6) is 23.0 Å². The number of aromatic hydroxyl groups is 2. The summed E-state index contributed by atoms with van der Waals surface area (Å²) in [5.74, 6) is -1.38. The molecule has 0 amide bonds. The molecule has 0 aromatic heterocycles. The van der Waals surface area contributed by atoms with E-state index in [0.29, 0.717) is 16.7 Å². The maximum atomic E-state index is 12.7. The van der Waals surface area contributed by atoms with Crippen LogP contribution in [0.4, 0.5) is 0 Å². The molecule has 0 saturated carbocycles. The number of hydrogen-bond donors (Lipinski definition) is 2. The lowest BCUT2D eigenvalue weighted by Crippen LogP contribution is -2.14. The Bertz CT molecular complexity index is 908. The van der Waals surface area contributed by atoms with E-state index in [0.717, 1.165) is 12.8 Å². The monoisotopic (exact) mass is 402 g/mol. The second kappa shape index (κ2) is 9.32. The Morgan fingerprint density at radius 2 is 1.59 bits per heavy atom. The standard InChI is InChI=1S/C22H26O7/c1-6-7-8-28-21(25)18-12(2)9-15(11-17(18)24)29-22(26)19-13(3)10-16(23)14(4)20(19)27-5/h9-11,23-24H,6-8H2,1-5H3. The highest BCUT2D eigenvalue weighted by Gasteiger charge is 2.23. The number of aryl methyl sites for hydroxylation is 2. The van der Waals surface area contributed by atoms with E-state index in [-0.39, 0.29) is 40.7 Å². The van der Waals surface area contributed by atoms with Gasteiger partial charge in [0.15, 0.2) is 0 Å². The van der Waals surface area contributed by atoms with Crippen LogP contribution in [0.25, 0.3) is 0 Å². The number of rotatable bonds is 7. The summed E-state index contributed by atoms with van der Waals surface area (Å²) in [4.78, 5) is 24.9. The van der Waals surface area contributed by atoms with E-state index >= 15 is 0 Å². The Morgan fingerprint density at radius 3 is 2.17 bits per heavy atom. The Hall–Kier alpha value is -3.22. The average Bonchev–Trinajstić information content (AvgIpc) is 2.63. The van der Waals surface area contributed by atoms with Crippen molar-refractivity contribution in [3.05, 3.63) is 46.0 Å². The van der Waals surface area contributed by atoms with Crippen molar-refractivity contribution in [1.82, 2.24) is 0 Å². The Morgan fingerprint density at radius 1 is 0.931 bits per heavy atom. The van der Waals surface area contributed by atoms with Crippen molar-refractivity contribution in [3.8, 4) is 23.0 Å². The van der Waals surface area contributed by atoms with Crippen LogP contribution in [-0.2, 0) is 4.74 Å². The Kier molecular flexibility index (Phi) is 7.09. The first kappa shape index (κ1) is 22.1. The molecule has 0 unspecified atom stereocenters. The quantitative estimate of drug-likeness (QED) is 0.406. The van der Waals surface area contributed by atoms with Gasteiger partial charge in [0.25, 0.3) is 0 Å². The maximum absolute atomic E-state index is 12.7. The van der Waals surface area contributed by atoms with E-state index in [9.17, 15) is 19.8 Å². The van der Waals surface area contributed by atoms with E-state index in [1.54, 1.807) is 20.8 Å². The predicted octanol–water partition coefficient (Wildman–Crippen LogP) is 4.21. The molecule has 0 heterocycles. The number of phenolic OH excluding ortho intramolecular Hbond substituents is 2. The molecule has 0 aliphatic carbocycles. The van der Waals surface area contributed by atoms with Gasteiger partial charge in [-0.25, -0.2) is 9.59 Å². The van der Waals surface area contributed by atoms with E-state index < -0.39 is 11.9 Å². The molecule has 0 saturated heterocycles. The van der Waals surface area contributed by atoms with Gasteiger partial charge in [-0.2, -0.15) is 0 Å². The van der Waals surface area contributed by atoms with Crippen LogP contribution in [0.2, 0.25) is 0 Å². The third-order valence-corrected chi connectivity index (χ3v) is 4.54. The highest BCUT2D eigenvalue weighted by atomic mass is 16.5. The van der Waals surface area contributed by atoms with Crippen molar-refractivity contribution < 1.29 is 34.0 Å². The van der Waals surface area contributed by atoms with Gasteiger partial charge < -0.3 is 24.4 Å². The molecule has 0 fully saturated rings. The summed E-state index contributed by atoms with van der Waals surface area (Å²) in [6, 6.07) is 4.12. The number of methoxy groups -OCH3 is 1. The molecule has 0 atom stereocenters. The van der Waals surface area contributed by atoms with E-state index in [1.165, 1.54) is 25.3 Å². The summed E-state index contributed by atoms with van der Waals surface area (Å²) in [6.07, 6.45) is 1.61. The first-order valence-electron chi connectivity index (χ1n) is 9.31. The Labute approximate surface area is 169 Å². The van der Waals surface area contributed by atoms with Crippen molar-refractivity contribution in [2.75, 3.05) is 13.7 Å². The highest BCUT2D eigenvalue weighted by molar-refractivity contribution is 5.97. The summed E-state index contributed by atoms with van der Waals surface area (Å²) in [5.41, 5.74) is 1.51. The SMILES string of the molecule is CCCCOC(=O)c1c(C)cc(OC(=O)c2c(C)cc(O)c(C)c2OC)cc1O. The van der Waals surface area contributed by atoms with Crippen LogP contribution in [0.15, 0.2) is 18.2 Å². The van der Waals surface area contributed by atoms with Gasteiger partial charge in [0.2, 0.25) is 0 Å². The van der Waals surface area contributed by atoms with Gasteiger partial charge >= 0.3 is 11.9 Å². The third-order valence-electron chi connectivity index (χ3n) is 4.54. The number of carbonyl (C=O) groups is 2. The molecular weight excluding hydrogens is 376 g/mol. The minimum atomic E-state index is -0.709. The number of unbranched alkanes of at least 4 members (excludes halogenated alkanes) is 1. The lowest BCUT2D eigenvalue weighted by molar-refractivity contribution is 0.0495. The topological polar surface area (TPSA) is 102 Å². The second-order valence-corrected chi connectivity index (χ2v) is 6.76. The fourth-order valence-electron chi connectivity index (χ4n) is 2.98. The molecule has 0 radical (unpaired) electrons. The maximum Gasteiger partial charge on any atom is 0.347 e. The summed E-state index contributed by atoms with van der Waals surface area (Å²) in [7, 11) is 1.40. The zero-order valence-corrected chi connectivity index (χ0v) is 17.3. The number of benzene rings is 2. The molecule has 0 bridgehead atoms. The first-order chi connectivity index (χ1) is 13.7. The summed E-state index contributed by atoms with van der Waals surface area (Å²) in [5, 5.41) is 20.2.